The summed E-state index contributed by atoms with van der Waals surface area (Å²) in [6, 6.07) is 10.5. The lowest BCUT2D eigenvalue weighted by Crippen LogP contribution is -2.45. The minimum Gasteiger partial charge on any atom is -0.457 e. The van der Waals surface area contributed by atoms with Crippen LogP contribution in [0.15, 0.2) is 42.5 Å². The number of amides is 1. The molecule has 4 nitrogen and oxygen atoms in total. The van der Waals surface area contributed by atoms with Crippen molar-refractivity contribution in [1.82, 2.24) is 4.90 Å². The van der Waals surface area contributed by atoms with E-state index in [1.807, 2.05) is 0 Å². The molecular formula is C18H19Cl2FN2O2. The topological polar surface area (TPSA) is 55.6 Å². The molecule has 0 bridgehead atoms. The van der Waals surface area contributed by atoms with E-state index in [4.69, 9.17) is 22.1 Å². The van der Waals surface area contributed by atoms with Crippen LogP contribution in [0.5, 0.6) is 11.5 Å². The van der Waals surface area contributed by atoms with Gasteiger partial charge >= 0.3 is 0 Å². The zero-order valence-electron chi connectivity index (χ0n) is 13.5. The molecule has 2 N–H and O–H groups in total. The maximum atomic E-state index is 13.0. The van der Waals surface area contributed by atoms with Gasteiger partial charge in [0.05, 0.1) is 5.56 Å². The van der Waals surface area contributed by atoms with E-state index in [0.29, 0.717) is 35.2 Å². The van der Waals surface area contributed by atoms with Crippen LogP contribution in [0.25, 0.3) is 0 Å². The van der Waals surface area contributed by atoms with E-state index in [2.05, 4.69) is 0 Å². The van der Waals surface area contributed by atoms with E-state index in [1.165, 1.54) is 24.3 Å². The molecular weight excluding hydrogens is 366 g/mol. The monoisotopic (exact) mass is 384 g/mol. The zero-order valence-corrected chi connectivity index (χ0v) is 15.0. The van der Waals surface area contributed by atoms with E-state index < -0.39 is 0 Å². The number of carbonyl (C=O) groups is 1. The number of likely N-dealkylation sites (tertiary alicyclic amines) is 1. The number of piperidine rings is 1. The number of rotatable bonds is 3. The molecule has 1 atom stereocenters. The SMILES string of the molecule is Cl.NC1CCCN(C(=O)c2cc(Cl)ccc2Oc2ccc(F)cc2)C1. The molecule has 1 heterocycles. The first-order chi connectivity index (χ1) is 11.5. The highest BCUT2D eigenvalue weighted by molar-refractivity contribution is 6.31. The predicted octanol–water partition coefficient (Wildman–Crippen LogP) is 4.26. The van der Waals surface area contributed by atoms with Crippen LogP contribution in [0, 0.1) is 5.82 Å². The summed E-state index contributed by atoms with van der Waals surface area (Å²) in [6.45, 7) is 1.18. The highest BCUT2D eigenvalue weighted by Gasteiger charge is 2.25. The number of benzene rings is 2. The fourth-order valence-corrected chi connectivity index (χ4v) is 2.92. The van der Waals surface area contributed by atoms with Crippen molar-refractivity contribution in [3.05, 3.63) is 58.9 Å². The van der Waals surface area contributed by atoms with Gasteiger partial charge in [-0.25, -0.2) is 4.39 Å². The van der Waals surface area contributed by atoms with Gasteiger partial charge in [-0.05, 0) is 55.3 Å². The number of ether oxygens (including phenoxy) is 1. The highest BCUT2D eigenvalue weighted by atomic mass is 35.5. The third-order valence-corrected chi connectivity index (χ3v) is 4.19. The van der Waals surface area contributed by atoms with Gasteiger partial charge < -0.3 is 15.4 Å². The summed E-state index contributed by atoms with van der Waals surface area (Å²) in [6.07, 6.45) is 1.79. The Balaban J connectivity index is 0.00000225. The summed E-state index contributed by atoms with van der Waals surface area (Å²) in [5.41, 5.74) is 6.34. The summed E-state index contributed by atoms with van der Waals surface area (Å²) in [7, 11) is 0. The quantitative estimate of drug-likeness (QED) is 0.859. The Hall–Kier alpha value is -1.82. The van der Waals surface area contributed by atoms with Gasteiger partial charge in [0.15, 0.2) is 0 Å². The molecule has 0 saturated carbocycles. The number of nitrogens with zero attached hydrogens (tertiary/aromatic N) is 1. The standard InChI is InChI=1S/C18H18ClFN2O2.ClH/c19-12-3-8-17(24-15-6-4-13(20)5-7-15)16(10-12)18(23)22-9-1-2-14(21)11-22;/h3-8,10,14H,1-2,9,11,21H2;1H. The molecule has 1 saturated heterocycles. The van der Waals surface area contributed by atoms with E-state index in [1.54, 1.807) is 23.1 Å². The van der Waals surface area contributed by atoms with Crippen LogP contribution in [0.1, 0.15) is 23.2 Å². The molecule has 3 rings (SSSR count). The molecule has 0 radical (unpaired) electrons. The summed E-state index contributed by atoms with van der Waals surface area (Å²) in [5.74, 6) is 0.320. The van der Waals surface area contributed by atoms with Crippen molar-refractivity contribution >= 4 is 29.9 Å². The minimum absolute atomic E-state index is 0. The van der Waals surface area contributed by atoms with Gasteiger partial charge in [-0.1, -0.05) is 11.6 Å². The van der Waals surface area contributed by atoms with E-state index in [0.717, 1.165) is 12.8 Å². The van der Waals surface area contributed by atoms with Crippen LogP contribution in [0.4, 0.5) is 4.39 Å². The fourth-order valence-electron chi connectivity index (χ4n) is 2.75. The van der Waals surface area contributed by atoms with E-state index in [9.17, 15) is 9.18 Å². The van der Waals surface area contributed by atoms with Crippen molar-refractivity contribution in [2.24, 2.45) is 5.73 Å². The first kappa shape index (κ1) is 19.5. The molecule has 0 spiro atoms. The number of halogens is 3. The van der Waals surface area contributed by atoms with Crippen molar-refractivity contribution in [2.45, 2.75) is 18.9 Å². The van der Waals surface area contributed by atoms with Gasteiger partial charge in [0.2, 0.25) is 0 Å². The second-order valence-electron chi connectivity index (χ2n) is 5.85. The molecule has 2 aromatic carbocycles. The Bertz CT molecular complexity index is 740. The molecule has 0 aromatic heterocycles. The Labute approximate surface area is 157 Å². The largest absolute Gasteiger partial charge is 0.457 e. The van der Waals surface area contributed by atoms with Gasteiger partial charge in [0.1, 0.15) is 17.3 Å². The maximum Gasteiger partial charge on any atom is 0.257 e. The van der Waals surface area contributed by atoms with Crippen LogP contribution >= 0.6 is 24.0 Å². The van der Waals surface area contributed by atoms with Crippen LogP contribution in [0.3, 0.4) is 0 Å². The Kier molecular flexibility index (Phi) is 6.64. The number of nitrogens with two attached hydrogens (primary N) is 1. The van der Waals surface area contributed by atoms with Crippen molar-refractivity contribution in [3.63, 3.8) is 0 Å². The molecule has 1 aliphatic heterocycles. The Morgan fingerprint density at radius 1 is 1.24 bits per heavy atom. The Morgan fingerprint density at radius 2 is 1.96 bits per heavy atom. The molecule has 1 unspecified atom stereocenters. The first-order valence-corrected chi connectivity index (χ1v) is 8.18. The van der Waals surface area contributed by atoms with Crippen LogP contribution in [-0.4, -0.2) is 29.9 Å². The zero-order chi connectivity index (χ0) is 17.1. The summed E-state index contributed by atoms with van der Waals surface area (Å²) in [4.78, 5) is 14.6. The molecule has 1 fully saturated rings. The van der Waals surface area contributed by atoms with Crippen LogP contribution < -0.4 is 10.5 Å². The lowest BCUT2D eigenvalue weighted by Gasteiger charge is -2.31. The summed E-state index contributed by atoms with van der Waals surface area (Å²) >= 11 is 6.05. The van der Waals surface area contributed by atoms with Crippen molar-refractivity contribution in [1.29, 1.82) is 0 Å². The van der Waals surface area contributed by atoms with Crippen molar-refractivity contribution in [3.8, 4) is 11.5 Å². The third kappa shape index (κ3) is 4.84. The number of hydrogen-bond donors (Lipinski definition) is 1. The van der Waals surface area contributed by atoms with E-state index in [-0.39, 0.29) is 30.2 Å². The molecule has 0 aliphatic carbocycles. The predicted molar refractivity (Wildman–Crippen MR) is 98.3 cm³/mol. The van der Waals surface area contributed by atoms with Gasteiger partial charge in [-0.15, -0.1) is 12.4 Å². The van der Waals surface area contributed by atoms with Crippen LogP contribution in [-0.2, 0) is 0 Å². The van der Waals surface area contributed by atoms with Crippen LogP contribution in [0.2, 0.25) is 5.02 Å². The highest BCUT2D eigenvalue weighted by Crippen LogP contribution is 2.29. The minimum atomic E-state index is -0.350. The first-order valence-electron chi connectivity index (χ1n) is 7.81. The molecule has 2 aromatic rings. The third-order valence-electron chi connectivity index (χ3n) is 3.96. The normalized spacial score (nSPS) is 16.9. The summed E-state index contributed by atoms with van der Waals surface area (Å²) in [5, 5.41) is 0.450. The van der Waals surface area contributed by atoms with Gasteiger partial charge in [-0.3, -0.25) is 4.79 Å². The molecule has 7 heteroatoms. The number of carbonyl (C=O) groups excluding carboxylic acids is 1. The fraction of sp³-hybridized carbons (Fsp3) is 0.278. The lowest BCUT2D eigenvalue weighted by molar-refractivity contribution is 0.0706. The van der Waals surface area contributed by atoms with E-state index >= 15 is 0 Å². The second kappa shape index (κ2) is 8.52. The average molecular weight is 385 g/mol. The van der Waals surface area contributed by atoms with Gasteiger partial charge in [0, 0.05) is 24.2 Å². The Morgan fingerprint density at radius 3 is 2.64 bits per heavy atom. The lowest BCUT2D eigenvalue weighted by atomic mass is 10.0. The molecule has 1 aliphatic rings. The van der Waals surface area contributed by atoms with Gasteiger partial charge in [-0.2, -0.15) is 0 Å². The smallest absolute Gasteiger partial charge is 0.257 e. The molecule has 1 amide bonds. The number of hydrogen-bond acceptors (Lipinski definition) is 3. The van der Waals surface area contributed by atoms with Gasteiger partial charge in [0.25, 0.3) is 5.91 Å². The molecule has 134 valence electrons. The maximum absolute atomic E-state index is 13.0. The van der Waals surface area contributed by atoms with Crippen molar-refractivity contribution < 1.29 is 13.9 Å². The average Bonchev–Trinajstić information content (AvgIpc) is 2.58. The summed E-state index contributed by atoms with van der Waals surface area (Å²) < 4.78 is 18.8. The second-order valence-corrected chi connectivity index (χ2v) is 6.29. The molecule has 25 heavy (non-hydrogen) atoms. The van der Waals surface area contributed by atoms with Crippen molar-refractivity contribution in [2.75, 3.05) is 13.1 Å².